The van der Waals surface area contributed by atoms with E-state index in [1.54, 1.807) is 0 Å². The number of thiocarbonyl (C=S) groups is 1. The first-order valence-corrected chi connectivity index (χ1v) is 7.75. The summed E-state index contributed by atoms with van der Waals surface area (Å²) in [6, 6.07) is 4.97. The number of fused-ring (bicyclic) bond motifs is 1. The zero-order valence-corrected chi connectivity index (χ0v) is 12.9. The highest BCUT2D eigenvalue weighted by Gasteiger charge is 2.41. The number of anilines is 1. The number of aliphatic carboxylic acids is 1. The van der Waals surface area contributed by atoms with Gasteiger partial charge in [-0.2, -0.15) is 0 Å². The molecule has 1 saturated heterocycles. The van der Waals surface area contributed by atoms with E-state index in [0.717, 1.165) is 18.5 Å². The van der Waals surface area contributed by atoms with Crippen molar-refractivity contribution in [1.29, 1.82) is 0 Å². The molecule has 5 nitrogen and oxygen atoms in total. The largest absolute Gasteiger partial charge is 0.480 e. The van der Waals surface area contributed by atoms with Gasteiger partial charge < -0.3 is 10.8 Å². The molecule has 2 aliphatic rings. The van der Waals surface area contributed by atoms with Crippen LogP contribution in [-0.4, -0.2) is 34.3 Å². The summed E-state index contributed by atoms with van der Waals surface area (Å²) < 4.78 is 0. The number of hydrogen-bond acceptors (Lipinski definition) is 5. The van der Waals surface area contributed by atoms with Crippen LogP contribution in [0.3, 0.4) is 0 Å². The predicted molar refractivity (Wildman–Crippen MR) is 86.9 cm³/mol. The molecule has 0 amide bonds. The molecule has 2 unspecified atom stereocenters. The van der Waals surface area contributed by atoms with Gasteiger partial charge in [0.15, 0.2) is 0 Å². The van der Waals surface area contributed by atoms with Gasteiger partial charge in [-0.05, 0) is 42.0 Å². The van der Waals surface area contributed by atoms with Gasteiger partial charge in [0.05, 0.1) is 5.92 Å². The summed E-state index contributed by atoms with van der Waals surface area (Å²) in [5.41, 5.74) is 8.95. The third kappa shape index (κ3) is 2.76. The number of rotatable bonds is 4. The summed E-state index contributed by atoms with van der Waals surface area (Å²) in [4.78, 5) is 24.3. The van der Waals surface area contributed by atoms with Crippen molar-refractivity contribution < 1.29 is 14.7 Å². The topological polar surface area (TPSA) is 92.4 Å². The average Bonchev–Trinajstić information content (AvgIpc) is 3.01. The number of nitrogens with one attached hydrogen (secondary N) is 1. The van der Waals surface area contributed by atoms with Gasteiger partial charge in [0.1, 0.15) is 11.8 Å². The fourth-order valence-corrected chi connectivity index (χ4v) is 3.86. The van der Waals surface area contributed by atoms with E-state index in [9.17, 15) is 14.7 Å². The molecule has 3 rings (SSSR count). The highest BCUT2D eigenvalue weighted by Crippen LogP contribution is 2.32. The molecule has 0 aromatic heterocycles. The smallest absolute Gasteiger partial charge is 0.321 e. The molecule has 1 aromatic rings. The highest BCUT2D eigenvalue weighted by molar-refractivity contribution is 7.80. The maximum Gasteiger partial charge on any atom is 0.321 e. The van der Waals surface area contributed by atoms with E-state index in [2.05, 4.69) is 5.32 Å². The maximum atomic E-state index is 12.5. The number of nitrogen functional groups attached to an aromatic ring is 1. The van der Waals surface area contributed by atoms with Crippen LogP contribution in [0.1, 0.15) is 17.5 Å². The van der Waals surface area contributed by atoms with Crippen LogP contribution >= 0.6 is 12.2 Å². The quantitative estimate of drug-likeness (QED) is 0.566. The van der Waals surface area contributed by atoms with Gasteiger partial charge in [-0.15, -0.1) is 0 Å². The number of carbonyl (C=O) groups excluding carboxylic acids is 1. The third-order valence-electron chi connectivity index (χ3n) is 4.53. The van der Waals surface area contributed by atoms with Crippen LogP contribution in [-0.2, 0) is 22.4 Å². The molecule has 1 aliphatic carbocycles. The Labute approximate surface area is 133 Å². The number of hydrogen-bond donors (Lipinski definition) is 3. The van der Waals surface area contributed by atoms with Crippen molar-refractivity contribution in [3.05, 3.63) is 29.3 Å². The minimum absolute atomic E-state index is 0.0619. The molecule has 0 spiro atoms. The van der Waals surface area contributed by atoms with Crippen molar-refractivity contribution in [2.45, 2.75) is 25.3 Å². The lowest BCUT2D eigenvalue weighted by molar-refractivity contribution is -0.142. The molecule has 1 fully saturated rings. The molecule has 0 radical (unpaired) electrons. The minimum atomic E-state index is -1.01. The minimum Gasteiger partial charge on any atom is -0.480 e. The standard InChI is InChI=1S/C16H18N2O3S/c17-11-2-1-9-3-8(4-10(9)6-11)5-12(19)14-13(22)7-18-15(14)16(20)21/h1-2,6,8,14-15,18H,3-5,7,17H2,(H,20,21)/t8?,14?,15-/m0/s1. The normalized spacial score (nSPS) is 26.9. The van der Waals surface area contributed by atoms with E-state index < -0.39 is 17.9 Å². The van der Waals surface area contributed by atoms with Gasteiger partial charge in [0.2, 0.25) is 0 Å². The Bertz CT molecular complexity index is 659. The van der Waals surface area contributed by atoms with Crippen molar-refractivity contribution in [2.75, 3.05) is 12.3 Å². The lowest BCUT2D eigenvalue weighted by Crippen LogP contribution is -2.40. The summed E-state index contributed by atoms with van der Waals surface area (Å²) in [5, 5.41) is 12.0. The van der Waals surface area contributed by atoms with Crippen LogP contribution in [0, 0.1) is 11.8 Å². The van der Waals surface area contributed by atoms with Gasteiger partial charge >= 0.3 is 5.97 Å². The Morgan fingerprint density at radius 3 is 2.77 bits per heavy atom. The zero-order chi connectivity index (χ0) is 15.9. The van der Waals surface area contributed by atoms with Crippen molar-refractivity contribution in [3.63, 3.8) is 0 Å². The molecule has 1 aromatic carbocycles. The van der Waals surface area contributed by atoms with Gasteiger partial charge in [-0.1, -0.05) is 18.3 Å². The first-order valence-electron chi connectivity index (χ1n) is 7.34. The molecule has 1 aliphatic heterocycles. The molecular formula is C16H18N2O3S. The van der Waals surface area contributed by atoms with Crippen molar-refractivity contribution in [1.82, 2.24) is 5.32 Å². The summed E-state index contributed by atoms with van der Waals surface area (Å²) in [7, 11) is 0. The first-order chi connectivity index (χ1) is 10.5. The van der Waals surface area contributed by atoms with Crippen LogP contribution in [0.15, 0.2) is 18.2 Å². The molecule has 1 heterocycles. The van der Waals surface area contributed by atoms with E-state index in [-0.39, 0.29) is 11.7 Å². The van der Waals surface area contributed by atoms with E-state index in [0.29, 0.717) is 17.8 Å². The molecule has 4 N–H and O–H groups in total. The summed E-state index contributed by atoms with van der Waals surface area (Å²) in [6.45, 7) is 0.324. The maximum absolute atomic E-state index is 12.5. The van der Waals surface area contributed by atoms with E-state index in [1.165, 1.54) is 11.1 Å². The van der Waals surface area contributed by atoms with Crippen molar-refractivity contribution in [2.24, 2.45) is 11.8 Å². The number of ketones is 1. The van der Waals surface area contributed by atoms with Gasteiger partial charge in [0, 0.05) is 23.5 Å². The predicted octanol–water partition coefficient (Wildman–Crippen LogP) is 0.985. The Balaban J connectivity index is 1.68. The molecule has 116 valence electrons. The number of carbonyl (C=O) groups is 2. The summed E-state index contributed by atoms with van der Waals surface area (Å²) in [5.74, 6) is -1.54. The Morgan fingerprint density at radius 1 is 1.32 bits per heavy atom. The van der Waals surface area contributed by atoms with Gasteiger partial charge in [0.25, 0.3) is 0 Å². The third-order valence-corrected chi connectivity index (χ3v) is 4.92. The van der Waals surface area contributed by atoms with Crippen LogP contribution in [0.5, 0.6) is 0 Å². The molecule has 6 heteroatoms. The SMILES string of the molecule is Nc1ccc2c(c1)CC(CC(=O)C1C(=S)CN[C@@H]1C(=O)O)C2. The van der Waals surface area contributed by atoms with Gasteiger partial charge in [-0.25, -0.2) is 0 Å². The van der Waals surface area contributed by atoms with Crippen LogP contribution in [0.2, 0.25) is 0 Å². The first kappa shape index (κ1) is 15.1. The average molecular weight is 318 g/mol. The second-order valence-corrected chi connectivity index (χ2v) is 6.64. The number of nitrogens with two attached hydrogens (primary N) is 1. The van der Waals surface area contributed by atoms with Crippen LogP contribution in [0.25, 0.3) is 0 Å². The second-order valence-electron chi connectivity index (χ2n) is 6.11. The van der Waals surface area contributed by atoms with E-state index >= 15 is 0 Å². The molecular weight excluding hydrogens is 300 g/mol. The lowest BCUT2D eigenvalue weighted by Gasteiger charge is -2.16. The number of Topliss-reactive ketones (excluding diaryl/α,β-unsaturated/α-hetero) is 1. The van der Waals surface area contributed by atoms with Crippen molar-refractivity contribution in [3.8, 4) is 0 Å². The second kappa shape index (κ2) is 5.78. The van der Waals surface area contributed by atoms with E-state index in [4.69, 9.17) is 18.0 Å². The molecule has 0 saturated carbocycles. The van der Waals surface area contributed by atoms with Gasteiger partial charge in [-0.3, -0.25) is 14.9 Å². The fraction of sp³-hybridized carbons (Fsp3) is 0.438. The number of carboxylic acids is 1. The zero-order valence-electron chi connectivity index (χ0n) is 12.0. The van der Waals surface area contributed by atoms with Crippen LogP contribution in [0.4, 0.5) is 5.69 Å². The highest BCUT2D eigenvalue weighted by atomic mass is 32.1. The van der Waals surface area contributed by atoms with Crippen molar-refractivity contribution >= 4 is 34.5 Å². The molecule has 3 atom stereocenters. The lowest BCUT2D eigenvalue weighted by atomic mass is 9.88. The number of carboxylic acid groups (broad SMARTS) is 1. The Kier molecular flexibility index (Phi) is 3.97. The Morgan fingerprint density at radius 2 is 2.05 bits per heavy atom. The molecule has 22 heavy (non-hydrogen) atoms. The monoisotopic (exact) mass is 318 g/mol. The van der Waals surface area contributed by atoms with Crippen LogP contribution < -0.4 is 11.1 Å². The molecule has 0 bridgehead atoms. The van der Waals surface area contributed by atoms with E-state index in [1.807, 2.05) is 18.2 Å². The fourth-order valence-electron chi connectivity index (χ4n) is 3.50. The Hall–Kier alpha value is -1.79. The number of benzene rings is 1. The summed E-state index contributed by atoms with van der Waals surface area (Å²) in [6.07, 6.45) is 2.02. The summed E-state index contributed by atoms with van der Waals surface area (Å²) >= 11 is 5.18.